The molecule has 3 aromatic rings. The van der Waals surface area contributed by atoms with E-state index in [0.717, 1.165) is 35.4 Å². The highest BCUT2D eigenvalue weighted by atomic mass is 16.6. The number of rotatable bonds is 4. The van der Waals surface area contributed by atoms with Crippen molar-refractivity contribution in [1.29, 1.82) is 0 Å². The molecule has 3 rings (SSSR count). The van der Waals surface area contributed by atoms with Crippen LogP contribution in [-0.4, -0.2) is 15.6 Å². The SMILES string of the molecule is O=C(c1ccccc1)c1ccccc1.O=[N+]([O-])c1ccc([N+](=O)[O-])cc1. The Morgan fingerprint density at radius 1 is 0.577 bits per heavy atom. The summed E-state index contributed by atoms with van der Waals surface area (Å²) in [5.74, 6) is 0.0752. The highest BCUT2D eigenvalue weighted by Crippen LogP contribution is 2.16. The molecule has 0 aliphatic heterocycles. The first-order valence-corrected chi connectivity index (χ1v) is 7.52. The summed E-state index contributed by atoms with van der Waals surface area (Å²) in [6.07, 6.45) is 0. The number of nitrogens with zero attached hydrogens (tertiary/aromatic N) is 2. The normalized spacial score (nSPS) is 9.54. The fourth-order valence-corrected chi connectivity index (χ4v) is 2.04. The average molecular weight is 350 g/mol. The van der Waals surface area contributed by atoms with Crippen LogP contribution in [0.15, 0.2) is 84.9 Å². The van der Waals surface area contributed by atoms with E-state index in [1.54, 1.807) is 0 Å². The molecule has 7 heteroatoms. The molecule has 0 amide bonds. The number of carbonyl (C=O) groups is 1. The number of hydrogen-bond donors (Lipinski definition) is 0. The molecule has 0 aliphatic carbocycles. The van der Waals surface area contributed by atoms with Gasteiger partial charge in [-0.05, 0) is 0 Å². The van der Waals surface area contributed by atoms with Gasteiger partial charge in [0.1, 0.15) is 0 Å². The van der Waals surface area contributed by atoms with Gasteiger partial charge < -0.3 is 0 Å². The van der Waals surface area contributed by atoms with Gasteiger partial charge in [-0.2, -0.15) is 0 Å². The first kappa shape index (κ1) is 18.5. The minimum atomic E-state index is -0.607. The maximum Gasteiger partial charge on any atom is 0.269 e. The first-order chi connectivity index (χ1) is 12.5. The van der Waals surface area contributed by atoms with E-state index in [2.05, 4.69) is 0 Å². The van der Waals surface area contributed by atoms with Crippen LogP contribution < -0.4 is 0 Å². The third-order valence-corrected chi connectivity index (χ3v) is 3.34. The molecule has 0 spiro atoms. The molecule has 7 nitrogen and oxygen atoms in total. The third kappa shape index (κ3) is 5.07. The molecule has 3 aromatic carbocycles. The summed E-state index contributed by atoms with van der Waals surface area (Å²) in [6.45, 7) is 0. The second-order valence-electron chi connectivity index (χ2n) is 5.09. The van der Waals surface area contributed by atoms with Crippen molar-refractivity contribution in [3.05, 3.63) is 116 Å². The molecule has 0 unspecified atom stereocenters. The van der Waals surface area contributed by atoms with Gasteiger partial charge in [0, 0.05) is 35.4 Å². The van der Waals surface area contributed by atoms with Crippen molar-refractivity contribution in [2.45, 2.75) is 0 Å². The summed E-state index contributed by atoms with van der Waals surface area (Å²) in [6, 6.07) is 23.0. The van der Waals surface area contributed by atoms with Gasteiger partial charge >= 0.3 is 0 Å². The van der Waals surface area contributed by atoms with Gasteiger partial charge in [-0.25, -0.2) is 0 Å². The van der Waals surface area contributed by atoms with Crippen LogP contribution in [0.4, 0.5) is 11.4 Å². The van der Waals surface area contributed by atoms with Crippen molar-refractivity contribution >= 4 is 17.2 Å². The van der Waals surface area contributed by atoms with E-state index in [9.17, 15) is 25.0 Å². The number of benzene rings is 3. The zero-order chi connectivity index (χ0) is 18.9. The molecule has 26 heavy (non-hydrogen) atoms. The van der Waals surface area contributed by atoms with Gasteiger partial charge in [0.25, 0.3) is 11.4 Å². The average Bonchev–Trinajstić information content (AvgIpc) is 2.69. The van der Waals surface area contributed by atoms with Gasteiger partial charge in [0.2, 0.25) is 0 Å². The van der Waals surface area contributed by atoms with Crippen LogP contribution in [-0.2, 0) is 0 Å². The Bertz CT molecular complexity index is 820. The summed E-state index contributed by atoms with van der Waals surface area (Å²) in [4.78, 5) is 30.9. The van der Waals surface area contributed by atoms with E-state index in [1.807, 2.05) is 60.7 Å². The van der Waals surface area contributed by atoms with Crippen LogP contribution in [0.5, 0.6) is 0 Å². The van der Waals surface area contributed by atoms with E-state index in [0.29, 0.717) is 0 Å². The number of hydrogen-bond acceptors (Lipinski definition) is 5. The maximum atomic E-state index is 11.8. The Hall–Kier alpha value is -3.87. The van der Waals surface area contributed by atoms with Crippen molar-refractivity contribution in [2.75, 3.05) is 0 Å². The minimum absolute atomic E-state index is 0.0752. The van der Waals surface area contributed by atoms with Crippen LogP contribution in [0.1, 0.15) is 15.9 Å². The quantitative estimate of drug-likeness (QED) is 0.393. The van der Waals surface area contributed by atoms with Crippen molar-refractivity contribution < 1.29 is 14.6 Å². The van der Waals surface area contributed by atoms with Crippen LogP contribution in [0.25, 0.3) is 0 Å². The number of non-ortho nitro benzene ring substituents is 2. The lowest BCUT2D eigenvalue weighted by atomic mass is 10.0. The highest BCUT2D eigenvalue weighted by Gasteiger charge is 2.09. The Morgan fingerprint density at radius 2 is 0.885 bits per heavy atom. The Labute approximate surface area is 148 Å². The van der Waals surface area contributed by atoms with Crippen molar-refractivity contribution in [1.82, 2.24) is 0 Å². The largest absolute Gasteiger partial charge is 0.289 e. The van der Waals surface area contributed by atoms with Gasteiger partial charge in [-0.1, -0.05) is 60.7 Å². The zero-order valence-electron chi connectivity index (χ0n) is 13.5. The molecule has 0 aliphatic rings. The van der Waals surface area contributed by atoms with E-state index in [1.165, 1.54) is 0 Å². The van der Waals surface area contributed by atoms with Gasteiger partial charge in [-0.15, -0.1) is 0 Å². The molecule has 0 bridgehead atoms. The predicted molar refractivity (Wildman–Crippen MR) is 96.1 cm³/mol. The Morgan fingerprint density at radius 3 is 1.15 bits per heavy atom. The number of ketones is 1. The second-order valence-corrected chi connectivity index (χ2v) is 5.09. The lowest BCUT2D eigenvalue weighted by molar-refractivity contribution is -0.389. The zero-order valence-corrected chi connectivity index (χ0v) is 13.5. The van der Waals surface area contributed by atoms with Crippen LogP contribution in [0, 0.1) is 20.2 Å². The molecular formula is C19H14N2O5. The maximum absolute atomic E-state index is 11.8. The summed E-state index contributed by atoms with van der Waals surface area (Å²) >= 11 is 0. The van der Waals surface area contributed by atoms with E-state index < -0.39 is 9.85 Å². The van der Waals surface area contributed by atoms with Gasteiger partial charge in [-0.3, -0.25) is 25.0 Å². The monoisotopic (exact) mass is 350 g/mol. The van der Waals surface area contributed by atoms with Crippen LogP contribution >= 0.6 is 0 Å². The molecule has 0 atom stereocenters. The smallest absolute Gasteiger partial charge is 0.269 e. The molecule has 0 fully saturated rings. The number of nitro benzene ring substituents is 2. The molecule has 0 saturated carbocycles. The molecule has 0 saturated heterocycles. The Balaban J connectivity index is 0.000000190. The van der Waals surface area contributed by atoms with E-state index >= 15 is 0 Å². The molecular weight excluding hydrogens is 336 g/mol. The molecule has 130 valence electrons. The molecule has 0 aromatic heterocycles. The van der Waals surface area contributed by atoms with Gasteiger partial charge in [0.15, 0.2) is 5.78 Å². The first-order valence-electron chi connectivity index (χ1n) is 7.52. The van der Waals surface area contributed by atoms with Crippen molar-refractivity contribution in [3.8, 4) is 0 Å². The third-order valence-electron chi connectivity index (χ3n) is 3.34. The van der Waals surface area contributed by atoms with Crippen molar-refractivity contribution in [3.63, 3.8) is 0 Å². The van der Waals surface area contributed by atoms with E-state index in [4.69, 9.17) is 0 Å². The van der Waals surface area contributed by atoms with E-state index in [-0.39, 0.29) is 17.2 Å². The molecule has 0 heterocycles. The van der Waals surface area contributed by atoms with Crippen molar-refractivity contribution in [2.24, 2.45) is 0 Å². The minimum Gasteiger partial charge on any atom is -0.289 e. The fraction of sp³-hybridized carbons (Fsp3) is 0. The number of nitro groups is 2. The summed E-state index contributed by atoms with van der Waals surface area (Å²) < 4.78 is 0. The van der Waals surface area contributed by atoms with Gasteiger partial charge in [0.05, 0.1) is 9.85 Å². The fourth-order valence-electron chi connectivity index (χ4n) is 2.04. The highest BCUT2D eigenvalue weighted by molar-refractivity contribution is 6.08. The summed E-state index contributed by atoms with van der Waals surface area (Å²) in [5, 5.41) is 20.2. The topological polar surface area (TPSA) is 103 Å². The van der Waals surface area contributed by atoms with Crippen LogP contribution in [0.2, 0.25) is 0 Å². The predicted octanol–water partition coefficient (Wildman–Crippen LogP) is 4.42. The Kier molecular flexibility index (Phi) is 6.28. The standard InChI is InChI=1S/C13H10O.C6H4N2O4/c14-13(11-7-3-1-4-8-11)12-9-5-2-6-10-12;9-7(10)5-1-2-6(4-3-5)8(11)12/h1-10H;1-4H. The number of carbonyl (C=O) groups excluding carboxylic acids is 1. The lowest BCUT2D eigenvalue weighted by Gasteiger charge is -1.99. The molecule has 0 radical (unpaired) electrons. The summed E-state index contributed by atoms with van der Waals surface area (Å²) in [5.41, 5.74) is 1.17. The summed E-state index contributed by atoms with van der Waals surface area (Å²) in [7, 11) is 0. The van der Waals surface area contributed by atoms with Crippen LogP contribution in [0.3, 0.4) is 0 Å². The lowest BCUT2D eigenvalue weighted by Crippen LogP contribution is -1.99. The second kappa shape index (κ2) is 8.84. The molecule has 0 N–H and O–H groups in total.